The summed E-state index contributed by atoms with van der Waals surface area (Å²) in [5.74, 6) is -0.382. The number of carbonyl (C=O) groups excluding carboxylic acids is 1. The van der Waals surface area contributed by atoms with Gasteiger partial charge < -0.3 is 11.1 Å². The summed E-state index contributed by atoms with van der Waals surface area (Å²) in [6.07, 6.45) is 0.931. The van der Waals surface area contributed by atoms with Gasteiger partial charge in [-0.15, -0.1) is 6.58 Å². The number of nitrogens with two attached hydrogens (primary N) is 1. The Balaban J connectivity index is 2.09. The molecule has 1 unspecified atom stereocenters. The van der Waals surface area contributed by atoms with Gasteiger partial charge in [0, 0.05) is 16.9 Å². The van der Waals surface area contributed by atoms with Crippen molar-refractivity contribution in [3.63, 3.8) is 0 Å². The maximum atomic E-state index is 12.7. The number of benzene rings is 2. The summed E-state index contributed by atoms with van der Waals surface area (Å²) in [6, 6.07) is 11.8. The van der Waals surface area contributed by atoms with E-state index in [4.69, 9.17) is 10.3 Å². The third-order valence-electron chi connectivity index (χ3n) is 3.91. The molecule has 0 fully saturated rings. The van der Waals surface area contributed by atoms with Crippen molar-refractivity contribution in [2.24, 2.45) is 0 Å². The molecule has 29 heavy (non-hydrogen) atoms. The van der Waals surface area contributed by atoms with Crippen LogP contribution in [0.25, 0.3) is 0 Å². The van der Waals surface area contributed by atoms with Crippen LogP contribution in [0.15, 0.2) is 66.1 Å². The highest BCUT2D eigenvalue weighted by Gasteiger charge is 2.25. The first-order valence-electron chi connectivity index (χ1n) is 8.28. The summed E-state index contributed by atoms with van der Waals surface area (Å²) in [4.78, 5) is 12.2. The molecule has 156 valence electrons. The van der Waals surface area contributed by atoms with E-state index < -0.39 is 32.1 Å². The molecule has 0 aliphatic rings. The highest BCUT2D eigenvalue weighted by Crippen LogP contribution is 2.22. The molecule has 9 nitrogen and oxygen atoms in total. The van der Waals surface area contributed by atoms with E-state index >= 15 is 0 Å². The van der Waals surface area contributed by atoms with Crippen molar-refractivity contribution in [1.82, 2.24) is 0 Å². The van der Waals surface area contributed by atoms with Crippen molar-refractivity contribution in [1.29, 1.82) is 0 Å². The molecule has 2 rings (SSSR count). The Bertz CT molecular complexity index is 1080. The lowest BCUT2D eigenvalue weighted by molar-refractivity contribution is 0.102. The van der Waals surface area contributed by atoms with Gasteiger partial charge in [-0.3, -0.25) is 9.35 Å². The Morgan fingerprint density at radius 3 is 2.21 bits per heavy atom. The molecule has 0 heterocycles. The van der Waals surface area contributed by atoms with Gasteiger partial charge in [-0.25, -0.2) is 12.6 Å². The number of carbonyl (C=O) groups is 1. The first-order chi connectivity index (χ1) is 13.5. The lowest BCUT2D eigenvalue weighted by Gasteiger charge is -2.14. The van der Waals surface area contributed by atoms with Gasteiger partial charge in [0.1, 0.15) is 0 Å². The molecule has 2 aromatic rings. The van der Waals surface area contributed by atoms with E-state index in [1.54, 1.807) is 24.3 Å². The van der Waals surface area contributed by atoms with Crippen LogP contribution in [0.2, 0.25) is 0 Å². The van der Waals surface area contributed by atoms with Crippen LogP contribution in [0.3, 0.4) is 0 Å². The Kier molecular flexibility index (Phi) is 7.14. The molecule has 0 aliphatic carbocycles. The zero-order chi connectivity index (χ0) is 21.7. The second-order valence-corrected chi connectivity index (χ2v) is 9.22. The smallest absolute Gasteiger partial charge is 0.397 e. The standard InChI is InChI=1S/C18H20N2O7S2/c1-2-16(11-12-27-29(24,25)26)28(22,23)17-9-7-15(8-10-17)20-18(21)13-3-5-14(19)6-4-13/h2-10,16H,1,11-12,19H2,(H,20,21)(H,24,25,26). The Hall–Kier alpha value is -2.73. The third-order valence-corrected chi connectivity index (χ3v) is 6.53. The number of amides is 1. The van der Waals surface area contributed by atoms with E-state index in [0.29, 0.717) is 16.9 Å². The van der Waals surface area contributed by atoms with Gasteiger partial charge in [0.25, 0.3) is 5.91 Å². The Labute approximate surface area is 169 Å². The quantitative estimate of drug-likeness (QED) is 0.304. The van der Waals surface area contributed by atoms with E-state index in [1.165, 1.54) is 24.3 Å². The lowest BCUT2D eigenvalue weighted by Crippen LogP contribution is -2.22. The third kappa shape index (κ3) is 6.39. The number of sulfone groups is 1. The number of hydrogen-bond donors (Lipinski definition) is 3. The largest absolute Gasteiger partial charge is 0.399 e. The SMILES string of the molecule is C=CC(CCOS(=O)(=O)O)S(=O)(=O)c1ccc(NC(=O)c2ccc(N)cc2)cc1. The van der Waals surface area contributed by atoms with Crippen LogP contribution in [0.5, 0.6) is 0 Å². The highest BCUT2D eigenvalue weighted by atomic mass is 32.3. The Morgan fingerprint density at radius 1 is 1.10 bits per heavy atom. The van der Waals surface area contributed by atoms with E-state index in [9.17, 15) is 21.6 Å². The maximum Gasteiger partial charge on any atom is 0.397 e. The molecule has 1 atom stereocenters. The van der Waals surface area contributed by atoms with Gasteiger partial charge in [0.05, 0.1) is 16.8 Å². The maximum absolute atomic E-state index is 12.7. The molecule has 0 saturated heterocycles. The van der Waals surface area contributed by atoms with Crippen LogP contribution in [-0.4, -0.2) is 39.2 Å². The molecule has 0 bridgehead atoms. The zero-order valence-corrected chi connectivity index (χ0v) is 16.8. The fourth-order valence-electron chi connectivity index (χ4n) is 2.41. The number of hydrogen-bond acceptors (Lipinski definition) is 7. The zero-order valence-electron chi connectivity index (χ0n) is 15.2. The molecular formula is C18H20N2O7S2. The van der Waals surface area contributed by atoms with Crippen molar-refractivity contribution < 1.29 is 30.4 Å². The molecule has 11 heteroatoms. The van der Waals surface area contributed by atoms with Gasteiger partial charge in [0.2, 0.25) is 0 Å². The number of anilines is 2. The first kappa shape index (κ1) is 22.6. The van der Waals surface area contributed by atoms with E-state index in [2.05, 4.69) is 16.1 Å². The topological polar surface area (TPSA) is 153 Å². The van der Waals surface area contributed by atoms with Crippen LogP contribution in [-0.2, 0) is 24.4 Å². The summed E-state index contributed by atoms with van der Waals surface area (Å²) in [5, 5.41) is 1.52. The lowest BCUT2D eigenvalue weighted by atomic mass is 10.2. The van der Waals surface area contributed by atoms with Gasteiger partial charge in [0.15, 0.2) is 9.84 Å². The summed E-state index contributed by atoms with van der Waals surface area (Å²) in [6.45, 7) is 2.93. The van der Waals surface area contributed by atoms with Crippen molar-refractivity contribution in [3.05, 3.63) is 66.7 Å². The molecule has 4 N–H and O–H groups in total. The van der Waals surface area contributed by atoms with Gasteiger partial charge >= 0.3 is 10.4 Å². The second-order valence-electron chi connectivity index (χ2n) is 5.96. The number of nitrogen functional groups attached to an aromatic ring is 1. The van der Waals surface area contributed by atoms with Gasteiger partial charge in [-0.05, 0) is 55.0 Å². The minimum atomic E-state index is -4.66. The monoisotopic (exact) mass is 440 g/mol. The fraction of sp³-hybridized carbons (Fsp3) is 0.167. The van der Waals surface area contributed by atoms with Crippen LogP contribution >= 0.6 is 0 Å². The van der Waals surface area contributed by atoms with Gasteiger partial charge in [-0.2, -0.15) is 8.42 Å². The Morgan fingerprint density at radius 2 is 1.69 bits per heavy atom. The molecule has 0 aromatic heterocycles. The summed E-state index contributed by atoms with van der Waals surface area (Å²) < 4.78 is 59.2. The van der Waals surface area contributed by atoms with E-state index in [0.717, 1.165) is 6.08 Å². The summed E-state index contributed by atoms with van der Waals surface area (Å²) in [5.41, 5.74) is 6.88. The molecule has 0 aliphatic heterocycles. The minimum Gasteiger partial charge on any atom is -0.399 e. The van der Waals surface area contributed by atoms with Crippen LogP contribution < -0.4 is 11.1 Å². The van der Waals surface area contributed by atoms with E-state index in [1.807, 2.05) is 0 Å². The molecule has 1 amide bonds. The first-order valence-corrected chi connectivity index (χ1v) is 11.2. The molecular weight excluding hydrogens is 420 g/mol. The van der Waals surface area contributed by atoms with Crippen molar-refractivity contribution in [3.8, 4) is 0 Å². The molecule has 0 saturated carbocycles. The van der Waals surface area contributed by atoms with Crippen LogP contribution in [0.1, 0.15) is 16.8 Å². The fourth-order valence-corrected chi connectivity index (χ4v) is 4.24. The predicted molar refractivity (Wildman–Crippen MR) is 109 cm³/mol. The van der Waals surface area contributed by atoms with Crippen molar-refractivity contribution >= 4 is 37.5 Å². The second kappa shape index (κ2) is 9.18. The minimum absolute atomic E-state index is 0.0419. The summed E-state index contributed by atoms with van der Waals surface area (Å²) in [7, 11) is -8.53. The van der Waals surface area contributed by atoms with Crippen molar-refractivity contribution in [2.75, 3.05) is 17.7 Å². The summed E-state index contributed by atoms with van der Waals surface area (Å²) >= 11 is 0. The van der Waals surface area contributed by atoms with E-state index in [-0.39, 0.29) is 17.2 Å². The van der Waals surface area contributed by atoms with Crippen molar-refractivity contribution in [2.45, 2.75) is 16.6 Å². The molecule has 0 radical (unpaired) electrons. The number of nitrogens with one attached hydrogen (secondary N) is 1. The molecule has 0 spiro atoms. The van der Waals surface area contributed by atoms with Crippen LogP contribution in [0, 0.1) is 0 Å². The molecule has 2 aromatic carbocycles. The average Bonchev–Trinajstić information content (AvgIpc) is 2.65. The average molecular weight is 440 g/mol. The van der Waals surface area contributed by atoms with Crippen LogP contribution in [0.4, 0.5) is 11.4 Å². The van der Waals surface area contributed by atoms with Gasteiger partial charge in [-0.1, -0.05) is 6.08 Å². The highest BCUT2D eigenvalue weighted by molar-refractivity contribution is 7.92. The predicted octanol–water partition coefficient (Wildman–Crippen LogP) is 2.06. The normalized spacial score (nSPS) is 12.9. The number of rotatable bonds is 9.